The number of carbonyl (C=O) groups excluding carboxylic acids is 1. The van der Waals surface area contributed by atoms with E-state index < -0.39 is 0 Å². The predicted octanol–water partition coefficient (Wildman–Crippen LogP) is 1.83. The van der Waals surface area contributed by atoms with E-state index in [0.29, 0.717) is 12.5 Å². The molecule has 1 amide bonds. The van der Waals surface area contributed by atoms with Crippen LogP contribution >= 0.6 is 0 Å². The lowest BCUT2D eigenvalue weighted by Crippen LogP contribution is -2.34. The molecule has 0 saturated carbocycles. The van der Waals surface area contributed by atoms with Crippen LogP contribution in [0.4, 0.5) is 0 Å². The molecule has 3 nitrogen and oxygen atoms in total. The second kappa shape index (κ2) is 6.55. The minimum Gasteiger partial charge on any atom is -0.345 e. The van der Waals surface area contributed by atoms with Crippen molar-refractivity contribution in [1.82, 2.24) is 10.2 Å². The summed E-state index contributed by atoms with van der Waals surface area (Å²) in [7, 11) is 1.90. The molecule has 1 atom stereocenters. The largest absolute Gasteiger partial charge is 0.345 e. The predicted molar refractivity (Wildman–Crippen MR) is 73.4 cm³/mol. The molecule has 1 heterocycles. The van der Waals surface area contributed by atoms with Crippen molar-refractivity contribution >= 4 is 5.91 Å². The van der Waals surface area contributed by atoms with Crippen LogP contribution in [0, 0.1) is 0 Å². The number of nitrogens with zero attached hydrogens (tertiary/aromatic N) is 1. The normalized spacial score (nSPS) is 18.8. The highest BCUT2D eigenvalue weighted by molar-refractivity contribution is 5.76. The van der Waals surface area contributed by atoms with Gasteiger partial charge in [0.15, 0.2) is 0 Å². The highest BCUT2D eigenvalue weighted by Crippen LogP contribution is 2.10. The number of rotatable bonds is 5. The first-order valence-electron chi connectivity index (χ1n) is 6.77. The van der Waals surface area contributed by atoms with Gasteiger partial charge in [-0.05, 0) is 31.4 Å². The number of hydrogen-bond donors (Lipinski definition) is 1. The van der Waals surface area contributed by atoms with Gasteiger partial charge in [-0.3, -0.25) is 4.79 Å². The van der Waals surface area contributed by atoms with E-state index >= 15 is 0 Å². The molecule has 0 radical (unpaired) electrons. The van der Waals surface area contributed by atoms with Gasteiger partial charge in [0.1, 0.15) is 0 Å². The number of benzene rings is 1. The van der Waals surface area contributed by atoms with Gasteiger partial charge in [0, 0.05) is 26.1 Å². The van der Waals surface area contributed by atoms with E-state index in [9.17, 15) is 4.79 Å². The number of amides is 1. The summed E-state index contributed by atoms with van der Waals surface area (Å²) in [5.74, 6) is 0.255. The smallest absolute Gasteiger partial charge is 0.223 e. The SMILES string of the molecule is CN(CCc1ccccc1)C(=O)CC1CCCN1. The molecule has 1 N–H and O–H groups in total. The van der Waals surface area contributed by atoms with Crippen LogP contribution in [-0.2, 0) is 11.2 Å². The van der Waals surface area contributed by atoms with Crippen molar-refractivity contribution < 1.29 is 4.79 Å². The third-order valence-corrected chi connectivity index (χ3v) is 3.59. The fourth-order valence-electron chi connectivity index (χ4n) is 2.36. The Kier molecular flexibility index (Phi) is 4.76. The second-order valence-electron chi connectivity index (χ2n) is 5.05. The first-order valence-corrected chi connectivity index (χ1v) is 6.77. The summed E-state index contributed by atoms with van der Waals surface area (Å²) in [6.45, 7) is 1.86. The van der Waals surface area contributed by atoms with Crippen LogP contribution in [0.15, 0.2) is 30.3 Å². The zero-order chi connectivity index (χ0) is 12.8. The average molecular weight is 246 g/mol. The zero-order valence-corrected chi connectivity index (χ0v) is 11.1. The summed E-state index contributed by atoms with van der Waals surface area (Å²) in [5.41, 5.74) is 1.29. The Morgan fingerprint density at radius 2 is 2.17 bits per heavy atom. The number of nitrogens with one attached hydrogen (secondary N) is 1. The molecule has 0 aromatic heterocycles. The van der Waals surface area contributed by atoms with Gasteiger partial charge in [0.2, 0.25) is 5.91 Å². The minimum atomic E-state index is 0.255. The van der Waals surface area contributed by atoms with Crippen molar-refractivity contribution in [3.05, 3.63) is 35.9 Å². The van der Waals surface area contributed by atoms with Crippen molar-refractivity contribution in [2.45, 2.75) is 31.7 Å². The van der Waals surface area contributed by atoms with Crippen LogP contribution in [0.25, 0.3) is 0 Å². The maximum absolute atomic E-state index is 12.0. The molecule has 3 heteroatoms. The molecule has 1 saturated heterocycles. The number of carbonyl (C=O) groups is 1. The number of likely N-dealkylation sites (N-methyl/N-ethyl adjacent to an activating group) is 1. The van der Waals surface area contributed by atoms with E-state index in [-0.39, 0.29) is 5.91 Å². The Labute approximate surface area is 109 Å². The highest BCUT2D eigenvalue weighted by atomic mass is 16.2. The van der Waals surface area contributed by atoms with Crippen LogP contribution in [0.5, 0.6) is 0 Å². The third-order valence-electron chi connectivity index (χ3n) is 3.59. The first-order chi connectivity index (χ1) is 8.75. The van der Waals surface area contributed by atoms with E-state index in [0.717, 1.165) is 25.9 Å². The molecular formula is C15H22N2O. The lowest BCUT2D eigenvalue weighted by molar-refractivity contribution is -0.130. The maximum Gasteiger partial charge on any atom is 0.223 e. The standard InChI is InChI=1S/C15H22N2O/c1-17(11-9-13-6-3-2-4-7-13)15(18)12-14-8-5-10-16-14/h2-4,6-7,14,16H,5,8-12H2,1H3. The highest BCUT2D eigenvalue weighted by Gasteiger charge is 2.19. The Morgan fingerprint density at radius 3 is 2.83 bits per heavy atom. The Hall–Kier alpha value is -1.35. The molecule has 0 aliphatic carbocycles. The van der Waals surface area contributed by atoms with E-state index in [2.05, 4.69) is 17.4 Å². The maximum atomic E-state index is 12.0. The quantitative estimate of drug-likeness (QED) is 0.859. The van der Waals surface area contributed by atoms with Crippen molar-refractivity contribution in [2.24, 2.45) is 0 Å². The van der Waals surface area contributed by atoms with Crippen molar-refractivity contribution in [1.29, 1.82) is 0 Å². The Bertz CT molecular complexity index is 371. The van der Waals surface area contributed by atoms with Gasteiger partial charge in [-0.15, -0.1) is 0 Å². The topological polar surface area (TPSA) is 32.3 Å². The van der Waals surface area contributed by atoms with E-state index in [4.69, 9.17) is 0 Å². The molecule has 2 rings (SSSR count). The Balaban J connectivity index is 1.73. The monoisotopic (exact) mass is 246 g/mol. The third kappa shape index (κ3) is 3.84. The van der Waals surface area contributed by atoms with E-state index in [1.54, 1.807) is 0 Å². The average Bonchev–Trinajstić information content (AvgIpc) is 2.90. The fraction of sp³-hybridized carbons (Fsp3) is 0.533. The Morgan fingerprint density at radius 1 is 1.39 bits per heavy atom. The summed E-state index contributed by atoms with van der Waals surface area (Å²) < 4.78 is 0. The van der Waals surface area contributed by atoms with Gasteiger partial charge in [-0.25, -0.2) is 0 Å². The summed E-state index contributed by atoms with van der Waals surface area (Å²) >= 11 is 0. The summed E-state index contributed by atoms with van der Waals surface area (Å²) in [6, 6.07) is 10.7. The van der Waals surface area contributed by atoms with Crippen molar-refractivity contribution in [3.8, 4) is 0 Å². The molecule has 1 aromatic rings. The van der Waals surface area contributed by atoms with E-state index in [1.165, 1.54) is 12.0 Å². The summed E-state index contributed by atoms with van der Waals surface area (Å²) in [4.78, 5) is 13.9. The van der Waals surface area contributed by atoms with Crippen LogP contribution < -0.4 is 5.32 Å². The van der Waals surface area contributed by atoms with Crippen molar-refractivity contribution in [3.63, 3.8) is 0 Å². The minimum absolute atomic E-state index is 0.255. The van der Waals surface area contributed by atoms with Crippen LogP contribution in [0.2, 0.25) is 0 Å². The molecule has 98 valence electrons. The number of hydrogen-bond acceptors (Lipinski definition) is 2. The molecule has 0 bridgehead atoms. The van der Waals surface area contributed by atoms with Gasteiger partial charge >= 0.3 is 0 Å². The molecular weight excluding hydrogens is 224 g/mol. The second-order valence-corrected chi connectivity index (χ2v) is 5.05. The fourth-order valence-corrected chi connectivity index (χ4v) is 2.36. The molecule has 1 aromatic carbocycles. The van der Waals surface area contributed by atoms with Crippen LogP contribution in [0.3, 0.4) is 0 Å². The molecule has 1 fully saturated rings. The van der Waals surface area contributed by atoms with Gasteiger partial charge in [0.05, 0.1) is 0 Å². The first kappa shape index (κ1) is 13.1. The van der Waals surface area contributed by atoms with Gasteiger partial charge in [0.25, 0.3) is 0 Å². The van der Waals surface area contributed by atoms with Crippen molar-refractivity contribution in [2.75, 3.05) is 20.1 Å². The van der Waals surface area contributed by atoms with Crippen LogP contribution in [-0.4, -0.2) is 37.0 Å². The lowest BCUT2D eigenvalue weighted by atomic mass is 10.1. The van der Waals surface area contributed by atoms with Gasteiger partial charge < -0.3 is 10.2 Å². The van der Waals surface area contributed by atoms with Gasteiger partial charge in [-0.1, -0.05) is 30.3 Å². The van der Waals surface area contributed by atoms with Gasteiger partial charge in [-0.2, -0.15) is 0 Å². The molecule has 1 unspecified atom stereocenters. The summed E-state index contributed by atoms with van der Waals surface area (Å²) in [5, 5.41) is 3.37. The summed E-state index contributed by atoms with van der Waals surface area (Å²) in [6.07, 6.45) is 3.91. The zero-order valence-electron chi connectivity index (χ0n) is 11.1. The molecule has 0 spiro atoms. The molecule has 1 aliphatic rings. The molecule has 1 aliphatic heterocycles. The van der Waals surface area contributed by atoms with Crippen LogP contribution in [0.1, 0.15) is 24.8 Å². The molecule has 18 heavy (non-hydrogen) atoms. The van der Waals surface area contributed by atoms with E-state index in [1.807, 2.05) is 30.1 Å². The lowest BCUT2D eigenvalue weighted by Gasteiger charge is -2.19.